The molecule has 0 aliphatic carbocycles. The molecule has 1 rings (SSSR count). The number of carbonyl (C=O) groups is 1. The van der Waals surface area contributed by atoms with E-state index in [-0.39, 0.29) is 0 Å². The van der Waals surface area contributed by atoms with Gasteiger partial charge >= 0.3 is 0 Å². The second-order valence-corrected chi connectivity index (χ2v) is 2.73. The number of nitrogens with two attached hydrogens (primary N) is 2. The lowest BCUT2D eigenvalue weighted by atomic mass is 10.3. The maximum Gasteiger partial charge on any atom is 0.241 e. The van der Waals surface area contributed by atoms with E-state index in [2.05, 4.69) is 4.98 Å². The number of pyridine rings is 1. The van der Waals surface area contributed by atoms with Crippen LogP contribution in [0.2, 0.25) is 5.15 Å². The van der Waals surface area contributed by atoms with Gasteiger partial charge in [-0.2, -0.15) is 0 Å². The lowest BCUT2D eigenvalue weighted by molar-refractivity contribution is -0.113. The molecule has 0 saturated carbocycles. The van der Waals surface area contributed by atoms with Gasteiger partial charge in [-0.1, -0.05) is 11.6 Å². The average molecular weight is 198 g/mol. The zero-order valence-corrected chi connectivity index (χ0v) is 7.45. The van der Waals surface area contributed by atoms with Gasteiger partial charge in [-0.25, -0.2) is 4.98 Å². The van der Waals surface area contributed by atoms with Crippen LogP contribution in [-0.2, 0) is 4.79 Å². The predicted molar refractivity (Wildman–Crippen MR) is 51.9 cm³/mol. The van der Waals surface area contributed by atoms with Gasteiger partial charge in [0.25, 0.3) is 0 Å². The molecule has 0 atom stereocenters. The third-order valence-electron chi connectivity index (χ3n) is 1.33. The number of hydrogen-bond donors (Lipinski definition) is 2. The van der Waals surface area contributed by atoms with Gasteiger partial charge in [0, 0.05) is 6.08 Å². The van der Waals surface area contributed by atoms with Crippen LogP contribution in [0.25, 0.3) is 6.08 Å². The molecule has 0 fully saturated rings. The highest BCUT2D eigenvalue weighted by molar-refractivity contribution is 6.29. The average Bonchev–Trinajstić information content (AvgIpc) is 2.06. The van der Waals surface area contributed by atoms with Crippen molar-refractivity contribution in [2.75, 3.05) is 5.73 Å². The number of primary amides is 1. The van der Waals surface area contributed by atoms with Gasteiger partial charge in [0.2, 0.25) is 5.91 Å². The second kappa shape index (κ2) is 3.91. The van der Waals surface area contributed by atoms with Crippen molar-refractivity contribution in [3.05, 3.63) is 29.1 Å². The molecule has 0 saturated heterocycles. The SMILES string of the molecule is NC(=O)C=Cc1nc(Cl)ccc1N. The number of halogens is 1. The number of carbonyl (C=O) groups excluding carboxylic acids is 1. The Kier molecular flexibility index (Phi) is 2.87. The lowest BCUT2D eigenvalue weighted by Gasteiger charge is -1.98. The third kappa shape index (κ3) is 2.76. The molecule has 1 amide bonds. The molecule has 1 aromatic heterocycles. The Morgan fingerprint density at radius 3 is 2.85 bits per heavy atom. The standard InChI is InChI=1S/C8H8ClN3O/c9-7-3-1-5(10)6(12-7)2-4-8(11)13/h1-4H,10H2,(H2,11,13). The number of rotatable bonds is 2. The summed E-state index contributed by atoms with van der Waals surface area (Å²) in [5.74, 6) is -0.554. The Morgan fingerprint density at radius 2 is 2.23 bits per heavy atom. The molecule has 0 unspecified atom stereocenters. The molecular weight excluding hydrogens is 190 g/mol. The van der Waals surface area contributed by atoms with Crippen molar-refractivity contribution >= 4 is 29.3 Å². The normalized spacial score (nSPS) is 10.5. The lowest BCUT2D eigenvalue weighted by Crippen LogP contribution is -2.05. The van der Waals surface area contributed by atoms with Crippen LogP contribution in [-0.4, -0.2) is 10.9 Å². The van der Waals surface area contributed by atoms with Gasteiger partial charge in [0.05, 0.1) is 11.4 Å². The number of aromatic nitrogens is 1. The van der Waals surface area contributed by atoms with Crippen molar-refractivity contribution in [1.29, 1.82) is 0 Å². The van der Waals surface area contributed by atoms with Crippen molar-refractivity contribution in [2.24, 2.45) is 5.73 Å². The molecule has 4 N–H and O–H groups in total. The highest BCUT2D eigenvalue weighted by Gasteiger charge is 1.97. The van der Waals surface area contributed by atoms with Crippen LogP contribution in [0.15, 0.2) is 18.2 Å². The van der Waals surface area contributed by atoms with Crippen LogP contribution in [0.5, 0.6) is 0 Å². The van der Waals surface area contributed by atoms with Gasteiger partial charge in [-0.3, -0.25) is 4.79 Å². The zero-order chi connectivity index (χ0) is 9.84. The summed E-state index contributed by atoms with van der Waals surface area (Å²) >= 11 is 5.62. The molecule has 0 aromatic carbocycles. The van der Waals surface area contributed by atoms with Crippen LogP contribution in [0.1, 0.15) is 5.69 Å². The van der Waals surface area contributed by atoms with E-state index < -0.39 is 5.91 Å². The summed E-state index contributed by atoms with van der Waals surface area (Å²) < 4.78 is 0. The topological polar surface area (TPSA) is 82.0 Å². The molecule has 0 aliphatic heterocycles. The van der Waals surface area contributed by atoms with E-state index in [4.69, 9.17) is 23.1 Å². The van der Waals surface area contributed by atoms with E-state index >= 15 is 0 Å². The first kappa shape index (κ1) is 9.54. The maximum atomic E-state index is 10.4. The predicted octanol–water partition coefficient (Wildman–Crippen LogP) is 0.816. The van der Waals surface area contributed by atoms with Crippen molar-refractivity contribution in [3.8, 4) is 0 Å². The summed E-state index contributed by atoms with van der Waals surface area (Å²) in [4.78, 5) is 14.3. The quantitative estimate of drug-likeness (QED) is 0.544. The highest BCUT2D eigenvalue weighted by atomic mass is 35.5. The largest absolute Gasteiger partial charge is 0.397 e. The Morgan fingerprint density at radius 1 is 1.54 bits per heavy atom. The second-order valence-electron chi connectivity index (χ2n) is 2.34. The molecule has 13 heavy (non-hydrogen) atoms. The first-order valence-electron chi connectivity index (χ1n) is 3.49. The fourth-order valence-electron chi connectivity index (χ4n) is 0.755. The number of anilines is 1. The van der Waals surface area contributed by atoms with Crippen molar-refractivity contribution in [2.45, 2.75) is 0 Å². The van der Waals surface area contributed by atoms with Gasteiger partial charge in [0.1, 0.15) is 5.15 Å². The number of nitrogens with zero attached hydrogens (tertiary/aromatic N) is 1. The van der Waals surface area contributed by atoms with Crippen LogP contribution >= 0.6 is 11.6 Å². The molecule has 68 valence electrons. The minimum absolute atomic E-state index is 0.318. The van der Waals surface area contributed by atoms with Crippen molar-refractivity contribution < 1.29 is 4.79 Å². The van der Waals surface area contributed by atoms with E-state index in [1.807, 2.05) is 0 Å². The summed E-state index contributed by atoms with van der Waals surface area (Å²) in [5, 5.41) is 0.318. The Bertz CT molecular complexity index is 362. The first-order valence-corrected chi connectivity index (χ1v) is 3.87. The Labute approximate surface area is 80.2 Å². The fraction of sp³-hybridized carbons (Fsp3) is 0. The molecule has 5 heteroatoms. The monoisotopic (exact) mass is 197 g/mol. The minimum Gasteiger partial charge on any atom is -0.397 e. The van der Waals surface area contributed by atoms with E-state index in [9.17, 15) is 4.79 Å². The van der Waals surface area contributed by atoms with Crippen LogP contribution in [0.4, 0.5) is 5.69 Å². The van der Waals surface area contributed by atoms with Crippen LogP contribution in [0.3, 0.4) is 0 Å². The fourth-order valence-corrected chi connectivity index (χ4v) is 0.909. The minimum atomic E-state index is -0.554. The molecule has 0 spiro atoms. The molecule has 0 bridgehead atoms. The van der Waals surface area contributed by atoms with E-state index in [0.717, 1.165) is 0 Å². The van der Waals surface area contributed by atoms with Crippen molar-refractivity contribution in [1.82, 2.24) is 4.98 Å². The van der Waals surface area contributed by atoms with E-state index in [1.54, 1.807) is 12.1 Å². The van der Waals surface area contributed by atoms with E-state index in [0.29, 0.717) is 16.5 Å². The number of amides is 1. The summed E-state index contributed by atoms with van der Waals surface area (Å²) in [6, 6.07) is 3.18. The third-order valence-corrected chi connectivity index (χ3v) is 1.54. The zero-order valence-electron chi connectivity index (χ0n) is 6.70. The van der Waals surface area contributed by atoms with Crippen LogP contribution < -0.4 is 11.5 Å². The van der Waals surface area contributed by atoms with Crippen LogP contribution in [0, 0.1) is 0 Å². The summed E-state index contributed by atoms with van der Waals surface area (Å²) in [6.45, 7) is 0. The Hall–Kier alpha value is -1.55. The smallest absolute Gasteiger partial charge is 0.241 e. The molecule has 1 aromatic rings. The summed E-state index contributed by atoms with van der Waals surface area (Å²) in [7, 11) is 0. The number of hydrogen-bond acceptors (Lipinski definition) is 3. The molecular formula is C8H8ClN3O. The first-order chi connectivity index (χ1) is 6.09. The van der Waals surface area contributed by atoms with Gasteiger partial charge in [-0.05, 0) is 18.2 Å². The maximum absolute atomic E-state index is 10.4. The van der Waals surface area contributed by atoms with Gasteiger partial charge in [0.15, 0.2) is 0 Å². The molecule has 0 radical (unpaired) electrons. The van der Waals surface area contributed by atoms with Gasteiger partial charge < -0.3 is 11.5 Å². The Balaban J connectivity index is 3.00. The summed E-state index contributed by atoms with van der Waals surface area (Å²) in [6.07, 6.45) is 2.60. The van der Waals surface area contributed by atoms with Crippen molar-refractivity contribution in [3.63, 3.8) is 0 Å². The summed E-state index contributed by atoms with van der Waals surface area (Å²) in [5.41, 5.74) is 11.3. The molecule has 1 heterocycles. The van der Waals surface area contributed by atoms with Gasteiger partial charge in [-0.15, -0.1) is 0 Å². The number of nitrogen functional groups attached to an aromatic ring is 1. The highest BCUT2D eigenvalue weighted by Crippen LogP contribution is 2.14. The van der Waals surface area contributed by atoms with E-state index in [1.165, 1.54) is 12.2 Å². The molecule has 0 aliphatic rings. The molecule has 4 nitrogen and oxygen atoms in total.